The Bertz CT molecular complexity index is 367. The predicted molar refractivity (Wildman–Crippen MR) is 73.3 cm³/mol. The lowest BCUT2D eigenvalue weighted by atomic mass is 10.2. The Hall–Kier alpha value is -0.740. The van der Waals surface area contributed by atoms with E-state index in [4.69, 9.17) is 5.73 Å². The number of rotatable bonds is 2. The van der Waals surface area contributed by atoms with Crippen LogP contribution >= 0.6 is 15.9 Å². The maximum absolute atomic E-state index is 5.67. The summed E-state index contributed by atoms with van der Waals surface area (Å²) in [4.78, 5) is 4.69. The van der Waals surface area contributed by atoms with E-state index in [2.05, 4.69) is 51.0 Å². The van der Waals surface area contributed by atoms with Gasteiger partial charge in [0.25, 0.3) is 0 Å². The minimum absolute atomic E-state index is 0.704. The van der Waals surface area contributed by atoms with Gasteiger partial charge in [0.2, 0.25) is 0 Å². The van der Waals surface area contributed by atoms with Crippen LogP contribution in [0, 0.1) is 0 Å². The van der Waals surface area contributed by atoms with Gasteiger partial charge in [-0.05, 0) is 34.5 Å². The largest absolute Gasteiger partial charge is 0.372 e. The first-order valence-electron chi connectivity index (χ1n) is 5.68. The van der Waals surface area contributed by atoms with Crippen molar-refractivity contribution in [1.82, 2.24) is 0 Å². The fourth-order valence-corrected chi connectivity index (χ4v) is 2.91. The van der Waals surface area contributed by atoms with E-state index >= 15 is 0 Å². The molecule has 1 aromatic carbocycles. The Labute approximate surface area is 105 Å². The van der Waals surface area contributed by atoms with Crippen LogP contribution in [0.1, 0.15) is 6.42 Å². The zero-order valence-corrected chi connectivity index (χ0v) is 11.2. The predicted octanol–water partition coefficient (Wildman–Crippen LogP) is 2.05. The van der Waals surface area contributed by atoms with Crippen molar-refractivity contribution in [1.29, 1.82) is 0 Å². The highest BCUT2D eigenvalue weighted by Crippen LogP contribution is 2.37. The standard InChI is InChI=1S/C12H18BrN3/c1-15-7-3-8-16(9-6-14)11-5-2-4-10(13)12(11)15/h2,4-5H,3,6-9,14H2,1H3. The van der Waals surface area contributed by atoms with Crippen LogP contribution in [0.15, 0.2) is 22.7 Å². The Kier molecular flexibility index (Phi) is 3.71. The van der Waals surface area contributed by atoms with E-state index in [0.29, 0.717) is 6.54 Å². The zero-order chi connectivity index (χ0) is 11.5. The first kappa shape index (κ1) is 11.7. The summed E-state index contributed by atoms with van der Waals surface area (Å²) in [5.41, 5.74) is 8.25. The first-order valence-corrected chi connectivity index (χ1v) is 6.48. The summed E-state index contributed by atoms with van der Waals surface area (Å²) in [5.74, 6) is 0. The van der Waals surface area contributed by atoms with Crippen molar-refractivity contribution in [3.63, 3.8) is 0 Å². The summed E-state index contributed by atoms with van der Waals surface area (Å²) >= 11 is 3.64. The first-order chi connectivity index (χ1) is 7.74. The molecule has 4 heteroatoms. The molecule has 0 fully saturated rings. The van der Waals surface area contributed by atoms with Crippen LogP contribution in [0.2, 0.25) is 0 Å². The number of hydrogen-bond acceptors (Lipinski definition) is 3. The van der Waals surface area contributed by atoms with Crippen LogP contribution in [-0.2, 0) is 0 Å². The second-order valence-corrected chi connectivity index (χ2v) is 5.01. The van der Waals surface area contributed by atoms with Crippen molar-refractivity contribution < 1.29 is 0 Å². The average molecular weight is 284 g/mol. The summed E-state index contributed by atoms with van der Waals surface area (Å²) in [5, 5.41) is 0. The van der Waals surface area contributed by atoms with Crippen molar-refractivity contribution >= 4 is 27.3 Å². The number of para-hydroxylation sites is 1. The molecule has 1 aromatic rings. The van der Waals surface area contributed by atoms with Gasteiger partial charge in [0.15, 0.2) is 0 Å². The van der Waals surface area contributed by atoms with Crippen LogP contribution in [0.4, 0.5) is 11.4 Å². The maximum Gasteiger partial charge on any atom is 0.0745 e. The monoisotopic (exact) mass is 283 g/mol. The molecule has 16 heavy (non-hydrogen) atoms. The van der Waals surface area contributed by atoms with Gasteiger partial charge in [-0.15, -0.1) is 0 Å². The van der Waals surface area contributed by atoms with Gasteiger partial charge < -0.3 is 15.5 Å². The molecule has 0 atom stereocenters. The van der Waals surface area contributed by atoms with Crippen LogP contribution in [0.25, 0.3) is 0 Å². The molecule has 1 aliphatic heterocycles. The third-order valence-electron chi connectivity index (χ3n) is 3.01. The molecule has 1 heterocycles. The molecule has 0 spiro atoms. The number of anilines is 2. The molecule has 0 bridgehead atoms. The highest BCUT2D eigenvalue weighted by molar-refractivity contribution is 9.10. The van der Waals surface area contributed by atoms with E-state index in [0.717, 1.165) is 24.1 Å². The van der Waals surface area contributed by atoms with Gasteiger partial charge in [0.05, 0.1) is 11.4 Å². The summed E-state index contributed by atoms with van der Waals surface area (Å²) in [7, 11) is 2.15. The molecule has 2 N–H and O–H groups in total. The van der Waals surface area contributed by atoms with Crippen LogP contribution < -0.4 is 15.5 Å². The Morgan fingerprint density at radius 2 is 2.19 bits per heavy atom. The van der Waals surface area contributed by atoms with Crippen LogP contribution in [-0.4, -0.2) is 33.2 Å². The fourth-order valence-electron chi connectivity index (χ4n) is 2.26. The molecule has 0 saturated carbocycles. The number of nitrogens with zero attached hydrogens (tertiary/aromatic N) is 2. The van der Waals surface area contributed by atoms with Gasteiger partial charge >= 0.3 is 0 Å². The lowest BCUT2D eigenvalue weighted by molar-refractivity contribution is 0.741. The normalized spacial score (nSPS) is 15.9. The molecule has 3 nitrogen and oxygen atoms in total. The summed E-state index contributed by atoms with van der Waals surface area (Å²) in [6.45, 7) is 3.81. The Morgan fingerprint density at radius 3 is 2.94 bits per heavy atom. The quantitative estimate of drug-likeness (QED) is 0.902. The highest BCUT2D eigenvalue weighted by Gasteiger charge is 2.19. The van der Waals surface area contributed by atoms with Gasteiger partial charge in [-0.2, -0.15) is 0 Å². The number of benzene rings is 1. The van der Waals surface area contributed by atoms with E-state index < -0.39 is 0 Å². The second-order valence-electron chi connectivity index (χ2n) is 4.16. The molecular weight excluding hydrogens is 266 g/mol. The molecule has 0 unspecified atom stereocenters. The summed E-state index contributed by atoms with van der Waals surface area (Å²) < 4.78 is 1.16. The average Bonchev–Trinajstić information content (AvgIpc) is 2.41. The molecule has 2 rings (SSSR count). The third kappa shape index (κ3) is 2.18. The SMILES string of the molecule is CN1CCCN(CCN)c2cccc(Br)c21. The van der Waals surface area contributed by atoms with Crippen molar-refractivity contribution in [2.75, 3.05) is 43.0 Å². The number of nitrogens with two attached hydrogens (primary N) is 1. The van der Waals surface area contributed by atoms with E-state index in [1.54, 1.807) is 0 Å². The van der Waals surface area contributed by atoms with Crippen molar-refractivity contribution in [3.8, 4) is 0 Å². The van der Waals surface area contributed by atoms with Crippen LogP contribution in [0.3, 0.4) is 0 Å². The van der Waals surface area contributed by atoms with Gasteiger partial charge in [0, 0.05) is 37.7 Å². The van der Waals surface area contributed by atoms with Gasteiger partial charge in [-0.1, -0.05) is 6.07 Å². The van der Waals surface area contributed by atoms with E-state index in [9.17, 15) is 0 Å². The van der Waals surface area contributed by atoms with Crippen molar-refractivity contribution in [2.45, 2.75) is 6.42 Å². The molecule has 88 valence electrons. The molecule has 1 aliphatic rings. The van der Waals surface area contributed by atoms with E-state index in [-0.39, 0.29) is 0 Å². The maximum atomic E-state index is 5.67. The molecule has 0 aliphatic carbocycles. The summed E-state index contributed by atoms with van der Waals surface area (Å²) in [6, 6.07) is 6.37. The van der Waals surface area contributed by atoms with Gasteiger partial charge in [-0.25, -0.2) is 0 Å². The van der Waals surface area contributed by atoms with E-state index in [1.807, 2.05) is 0 Å². The molecule has 0 radical (unpaired) electrons. The lowest BCUT2D eigenvalue weighted by Gasteiger charge is -2.26. The minimum atomic E-state index is 0.704. The second kappa shape index (κ2) is 5.06. The number of hydrogen-bond donors (Lipinski definition) is 1. The molecule has 0 aromatic heterocycles. The summed E-state index contributed by atoms with van der Waals surface area (Å²) in [6.07, 6.45) is 1.18. The van der Waals surface area contributed by atoms with Crippen molar-refractivity contribution in [2.24, 2.45) is 5.73 Å². The highest BCUT2D eigenvalue weighted by atomic mass is 79.9. The lowest BCUT2D eigenvalue weighted by Crippen LogP contribution is -2.29. The Morgan fingerprint density at radius 1 is 1.38 bits per heavy atom. The zero-order valence-electron chi connectivity index (χ0n) is 9.62. The molecule has 0 amide bonds. The van der Waals surface area contributed by atoms with Gasteiger partial charge in [-0.3, -0.25) is 0 Å². The smallest absolute Gasteiger partial charge is 0.0745 e. The van der Waals surface area contributed by atoms with E-state index in [1.165, 1.54) is 17.8 Å². The minimum Gasteiger partial charge on any atom is -0.372 e. The Balaban J connectivity index is 2.43. The van der Waals surface area contributed by atoms with Crippen molar-refractivity contribution in [3.05, 3.63) is 22.7 Å². The number of fused-ring (bicyclic) bond motifs is 1. The molecular formula is C12H18BrN3. The van der Waals surface area contributed by atoms with Crippen LogP contribution in [0.5, 0.6) is 0 Å². The van der Waals surface area contributed by atoms with Gasteiger partial charge in [0.1, 0.15) is 0 Å². The topological polar surface area (TPSA) is 32.5 Å². The number of halogens is 1. The third-order valence-corrected chi connectivity index (χ3v) is 3.65. The fraction of sp³-hybridized carbons (Fsp3) is 0.500. The molecule has 0 saturated heterocycles.